The topological polar surface area (TPSA) is 94.5 Å². The second kappa shape index (κ2) is 20.4. The van der Waals surface area contributed by atoms with Gasteiger partial charge in [0.25, 0.3) is 0 Å². The maximum atomic E-state index is 0. The summed E-state index contributed by atoms with van der Waals surface area (Å²) >= 11 is 0. The molecule has 0 aliphatic rings. The Balaban J connectivity index is 0. The molecule has 4 heteroatoms. The molecule has 4 heavy (non-hydrogen) atoms. The first-order chi connectivity index (χ1) is 0. The summed E-state index contributed by atoms with van der Waals surface area (Å²) in [5.41, 5.74) is 0. The van der Waals surface area contributed by atoms with Gasteiger partial charge in [-0.1, -0.05) is 0 Å². The van der Waals surface area contributed by atoms with Crippen molar-refractivity contribution in [2.45, 2.75) is 0 Å². The number of rotatable bonds is 0. The Hall–Kier alpha value is 1.93. The molecule has 0 rings (SSSR count). The molecule has 1 radical (unpaired) electrons. The van der Waals surface area contributed by atoms with E-state index in [9.17, 15) is 0 Å². The molecule has 0 saturated heterocycles. The molecule has 0 heterocycles. The Morgan fingerprint density at radius 2 is 0.500 bits per heavy atom. The van der Waals surface area contributed by atoms with E-state index in [1.54, 1.807) is 0 Å². The van der Waals surface area contributed by atoms with E-state index in [2.05, 4.69) is 0 Å². The van der Waals surface area contributed by atoms with Gasteiger partial charge in [-0.25, -0.2) is 0 Å². The maximum absolute atomic E-state index is 0. The molecule has 3 nitrogen and oxygen atoms in total. The first-order valence-corrected chi connectivity index (χ1v) is 0. The average molecular weight is 187 g/mol. The van der Waals surface area contributed by atoms with Crippen molar-refractivity contribution in [3.05, 3.63) is 0 Å². The predicted molar refractivity (Wildman–Crippen MR) is 16.6 cm³/mol. The van der Waals surface area contributed by atoms with Crippen LogP contribution >= 0.6 is 0 Å². The van der Waals surface area contributed by atoms with Crippen LogP contribution in [-0.4, -0.2) is 85.3 Å². The fourth-order valence-electron chi connectivity index (χ4n) is 0. The van der Waals surface area contributed by atoms with Crippen LogP contribution in [0.2, 0.25) is 0 Å². The van der Waals surface area contributed by atoms with E-state index in [-0.39, 0.29) is 85.3 Å². The summed E-state index contributed by atoms with van der Waals surface area (Å²) in [6.07, 6.45) is 0. The van der Waals surface area contributed by atoms with Crippen LogP contribution in [-0.2, 0) is 0 Å². The van der Waals surface area contributed by atoms with Gasteiger partial charge in [0.1, 0.15) is 0 Å². The van der Waals surface area contributed by atoms with E-state index in [1.165, 1.54) is 0 Å². The Labute approximate surface area is 83.1 Å². The number of hydrogen-bond acceptors (Lipinski definition) is 0. The molecule has 0 unspecified atom stereocenters. The monoisotopic (exact) mass is 187 g/mol. The molecule has 0 fully saturated rings. The van der Waals surface area contributed by atoms with E-state index in [0.29, 0.717) is 0 Å². The SMILES string of the molecule is O.O.O.[Cs]. The van der Waals surface area contributed by atoms with Crippen molar-refractivity contribution in [2.24, 2.45) is 0 Å². The fraction of sp³-hybridized carbons (Fsp3) is 0. The molecule has 0 saturated carbocycles. The molecular formula is H6CsO3. The van der Waals surface area contributed by atoms with Gasteiger partial charge in [0.15, 0.2) is 0 Å². The minimum atomic E-state index is 0. The fourth-order valence-corrected chi connectivity index (χ4v) is 0. The molecule has 0 spiro atoms. The van der Waals surface area contributed by atoms with Gasteiger partial charge in [0, 0.05) is 68.9 Å². The molecular weight excluding hydrogens is 181 g/mol. The van der Waals surface area contributed by atoms with Gasteiger partial charge >= 0.3 is 0 Å². The molecule has 25 valence electrons. The molecule has 0 aromatic rings. The summed E-state index contributed by atoms with van der Waals surface area (Å²) in [7, 11) is 0. The van der Waals surface area contributed by atoms with E-state index < -0.39 is 0 Å². The van der Waals surface area contributed by atoms with Crippen molar-refractivity contribution in [3.8, 4) is 0 Å². The second-order valence-corrected chi connectivity index (χ2v) is 0. The average Bonchev–Trinajstić information content (AvgIpc) is 0. The van der Waals surface area contributed by atoms with Crippen LogP contribution in [0.4, 0.5) is 0 Å². The Morgan fingerprint density at radius 3 is 0.500 bits per heavy atom. The minimum Gasteiger partial charge on any atom is -0.412 e. The van der Waals surface area contributed by atoms with Gasteiger partial charge in [-0.05, 0) is 0 Å². The molecule has 0 bridgehead atoms. The van der Waals surface area contributed by atoms with Crippen molar-refractivity contribution < 1.29 is 16.4 Å². The quantitative estimate of drug-likeness (QED) is 0.390. The van der Waals surface area contributed by atoms with E-state index >= 15 is 0 Å². The van der Waals surface area contributed by atoms with Crippen molar-refractivity contribution in [2.75, 3.05) is 0 Å². The largest absolute Gasteiger partial charge is 0.412 e. The predicted octanol–water partition coefficient (Wildman–Crippen LogP) is -2.85. The van der Waals surface area contributed by atoms with Crippen LogP contribution in [0.3, 0.4) is 0 Å². The summed E-state index contributed by atoms with van der Waals surface area (Å²) in [4.78, 5) is 0. The molecule has 0 amide bonds. The smallest absolute Gasteiger partial charge is 0 e. The van der Waals surface area contributed by atoms with Crippen molar-refractivity contribution in [1.82, 2.24) is 0 Å². The van der Waals surface area contributed by atoms with Crippen LogP contribution in [0.25, 0.3) is 0 Å². The van der Waals surface area contributed by atoms with Gasteiger partial charge in [0.2, 0.25) is 0 Å². The molecule has 0 atom stereocenters. The van der Waals surface area contributed by atoms with Crippen molar-refractivity contribution in [1.29, 1.82) is 0 Å². The first kappa shape index (κ1) is 38.7. The van der Waals surface area contributed by atoms with Crippen molar-refractivity contribution >= 4 is 68.9 Å². The Morgan fingerprint density at radius 1 is 0.500 bits per heavy atom. The standard InChI is InChI=1S/Cs.3H2O/h;3*1H2. The van der Waals surface area contributed by atoms with Crippen LogP contribution in [0, 0.1) is 0 Å². The van der Waals surface area contributed by atoms with Gasteiger partial charge in [-0.2, -0.15) is 0 Å². The van der Waals surface area contributed by atoms with Crippen LogP contribution in [0.5, 0.6) is 0 Å². The van der Waals surface area contributed by atoms with Gasteiger partial charge in [0.05, 0.1) is 0 Å². The summed E-state index contributed by atoms with van der Waals surface area (Å²) in [5.74, 6) is 0. The zero-order chi connectivity index (χ0) is 0. The molecule has 0 aromatic heterocycles. The van der Waals surface area contributed by atoms with E-state index in [1.807, 2.05) is 0 Å². The molecule has 6 N–H and O–H groups in total. The van der Waals surface area contributed by atoms with Crippen molar-refractivity contribution in [3.63, 3.8) is 0 Å². The minimum absolute atomic E-state index is 0. The maximum Gasteiger partial charge on any atom is 0 e. The summed E-state index contributed by atoms with van der Waals surface area (Å²) in [5, 5.41) is 0. The summed E-state index contributed by atoms with van der Waals surface area (Å²) in [6, 6.07) is 0. The van der Waals surface area contributed by atoms with Gasteiger partial charge < -0.3 is 16.4 Å². The van der Waals surface area contributed by atoms with E-state index in [0.717, 1.165) is 0 Å². The number of hydrogen-bond donors (Lipinski definition) is 0. The third-order valence-electron chi connectivity index (χ3n) is 0. The Bertz CT molecular complexity index is 3.25. The van der Waals surface area contributed by atoms with Crippen LogP contribution in [0.15, 0.2) is 0 Å². The molecule has 0 aromatic carbocycles. The zero-order valence-corrected chi connectivity index (χ0v) is 8.78. The first-order valence-electron chi connectivity index (χ1n) is 0. The van der Waals surface area contributed by atoms with Gasteiger partial charge in [-0.3, -0.25) is 0 Å². The normalized spacial score (nSPS) is 0. The van der Waals surface area contributed by atoms with Gasteiger partial charge in [-0.15, -0.1) is 0 Å². The molecule has 0 aliphatic heterocycles. The Kier molecular flexibility index (Phi) is 197. The van der Waals surface area contributed by atoms with Crippen LogP contribution in [0.1, 0.15) is 0 Å². The van der Waals surface area contributed by atoms with Crippen LogP contribution < -0.4 is 0 Å². The van der Waals surface area contributed by atoms with E-state index in [4.69, 9.17) is 0 Å². The second-order valence-electron chi connectivity index (χ2n) is 0. The molecule has 0 aliphatic carbocycles. The summed E-state index contributed by atoms with van der Waals surface area (Å²) < 4.78 is 0. The summed E-state index contributed by atoms with van der Waals surface area (Å²) in [6.45, 7) is 0. The zero-order valence-electron chi connectivity index (χ0n) is 2.50. The third kappa shape index (κ3) is 9.06. The third-order valence-corrected chi connectivity index (χ3v) is 0.